The lowest BCUT2D eigenvalue weighted by molar-refractivity contribution is -0.139. The molecule has 1 aliphatic carbocycles. The maximum atomic E-state index is 14.1. The summed E-state index contributed by atoms with van der Waals surface area (Å²) in [5.74, 6) is -0.746. The van der Waals surface area contributed by atoms with Crippen molar-refractivity contribution in [3.05, 3.63) is 95.0 Å². The van der Waals surface area contributed by atoms with Crippen LogP contribution in [0.1, 0.15) is 50.2 Å². The Kier molecular flexibility index (Phi) is 9.87. The monoisotopic (exact) mass is 581 g/mol. The number of benzene rings is 3. The average molecular weight is 582 g/mol. The van der Waals surface area contributed by atoms with E-state index >= 15 is 0 Å². The van der Waals surface area contributed by atoms with Gasteiger partial charge in [0.1, 0.15) is 12.6 Å². The number of carbonyl (C=O) groups excluding carboxylic acids is 2. The highest BCUT2D eigenvalue weighted by Gasteiger charge is 2.33. The second-order valence-corrected chi connectivity index (χ2v) is 12.6. The summed E-state index contributed by atoms with van der Waals surface area (Å²) in [7, 11) is -4.09. The van der Waals surface area contributed by atoms with Gasteiger partial charge in [-0.05, 0) is 68.1 Å². The van der Waals surface area contributed by atoms with Gasteiger partial charge in [-0.25, -0.2) is 8.42 Å². The van der Waals surface area contributed by atoms with Gasteiger partial charge < -0.3 is 10.2 Å². The van der Waals surface area contributed by atoms with Gasteiger partial charge in [0.15, 0.2) is 0 Å². The summed E-state index contributed by atoms with van der Waals surface area (Å²) in [5, 5.41) is 3.62. The molecule has 0 aliphatic heterocycles. The summed E-state index contributed by atoms with van der Waals surface area (Å²) in [5.41, 5.74) is 1.85. The Morgan fingerprint density at radius 3 is 2.30 bits per heavy atom. The number of anilines is 1. The molecule has 1 aliphatic rings. The highest BCUT2D eigenvalue weighted by molar-refractivity contribution is 7.92. The number of nitrogens with one attached hydrogen (secondary N) is 1. The van der Waals surface area contributed by atoms with Crippen molar-refractivity contribution in [2.45, 2.75) is 69.5 Å². The Labute approximate surface area is 242 Å². The summed E-state index contributed by atoms with van der Waals surface area (Å²) < 4.78 is 28.9. The van der Waals surface area contributed by atoms with Crippen LogP contribution in [0.5, 0.6) is 0 Å². The summed E-state index contributed by atoms with van der Waals surface area (Å²) in [4.78, 5) is 28.9. The second-order valence-electron chi connectivity index (χ2n) is 10.3. The van der Waals surface area contributed by atoms with Gasteiger partial charge in [0, 0.05) is 17.6 Å². The first-order valence-electron chi connectivity index (χ1n) is 13.6. The molecule has 0 spiro atoms. The van der Waals surface area contributed by atoms with E-state index in [1.54, 1.807) is 68.4 Å². The minimum Gasteiger partial charge on any atom is -0.352 e. The SMILES string of the molecule is Cc1ccccc1N(CC(=O)N(Cc1cccc(Cl)c1)C(C)C(=O)NC1CCCCC1)S(=O)(=O)c1ccccc1. The molecule has 212 valence electrons. The number of rotatable bonds is 10. The van der Waals surface area contributed by atoms with Crippen molar-refractivity contribution < 1.29 is 18.0 Å². The number of hydrogen-bond acceptors (Lipinski definition) is 4. The lowest BCUT2D eigenvalue weighted by Crippen LogP contribution is -2.53. The van der Waals surface area contributed by atoms with E-state index in [4.69, 9.17) is 11.6 Å². The van der Waals surface area contributed by atoms with Crippen molar-refractivity contribution >= 4 is 39.1 Å². The molecule has 0 heterocycles. The van der Waals surface area contributed by atoms with E-state index in [0.29, 0.717) is 16.3 Å². The molecule has 1 unspecified atom stereocenters. The fourth-order valence-corrected chi connectivity index (χ4v) is 6.77. The first-order valence-corrected chi connectivity index (χ1v) is 15.5. The quantitative estimate of drug-likeness (QED) is 0.332. The van der Waals surface area contributed by atoms with Gasteiger partial charge in [-0.15, -0.1) is 0 Å². The first kappa shape index (κ1) is 29.6. The molecule has 3 aromatic carbocycles. The van der Waals surface area contributed by atoms with Gasteiger partial charge in [0.25, 0.3) is 10.0 Å². The van der Waals surface area contributed by atoms with Gasteiger partial charge in [0.2, 0.25) is 11.8 Å². The standard InChI is InChI=1S/C31H36ClN3O4S/c1-23-12-9-10-19-29(23)35(40(38,39)28-17-7-4-8-18-28)22-30(36)34(21-25-13-11-14-26(32)20-25)24(2)31(37)33-27-15-5-3-6-16-27/h4,7-14,17-20,24,27H,3,5-6,15-16,21-22H2,1-2H3,(H,33,37). The molecule has 1 atom stereocenters. The number of sulfonamides is 1. The molecule has 3 aromatic rings. The number of para-hydroxylation sites is 1. The van der Waals surface area contributed by atoms with Crippen LogP contribution in [0.4, 0.5) is 5.69 Å². The van der Waals surface area contributed by atoms with Gasteiger partial charge in [-0.1, -0.05) is 79.4 Å². The van der Waals surface area contributed by atoms with Crippen molar-refractivity contribution in [2.75, 3.05) is 10.8 Å². The second kappa shape index (κ2) is 13.3. The van der Waals surface area contributed by atoms with Crippen molar-refractivity contribution in [3.8, 4) is 0 Å². The average Bonchev–Trinajstić information content (AvgIpc) is 2.95. The van der Waals surface area contributed by atoms with Gasteiger partial charge in [-0.2, -0.15) is 0 Å². The van der Waals surface area contributed by atoms with E-state index in [0.717, 1.165) is 42.0 Å². The summed E-state index contributed by atoms with van der Waals surface area (Å²) in [6, 6.07) is 21.4. The largest absolute Gasteiger partial charge is 0.352 e. The van der Waals surface area contributed by atoms with E-state index in [1.807, 2.05) is 12.1 Å². The fraction of sp³-hybridized carbons (Fsp3) is 0.355. The van der Waals surface area contributed by atoms with Crippen LogP contribution in [0, 0.1) is 6.92 Å². The zero-order chi connectivity index (χ0) is 28.7. The summed E-state index contributed by atoms with van der Waals surface area (Å²) >= 11 is 6.22. The normalized spacial score (nSPS) is 14.8. The van der Waals surface area contributed by atoms with Crippen LogP contribution in [0.25, 0.3) is 0 Å². The van der Waals surface area contributed by atoms with Crippen LogP contribution in [0.15, 0.2) is 83.8 Å². The molecule has 4 rings (SSSR count). The zero-order valence-electron chi connectivity index (χ0n) is 22.9. The van der Waals surface area contributed by atoms with Crippen molar-refractivity contribution in [1.29, 1.82) is 0 Å². The van der Waals surface area contributed by atoms with Crippen molar-refractivity contribution in [2.24, 2.45) is 0 Å². The maximum absolute atomic E-state index is 14.1. The molecule has 40 heavy (non-hydrogen) atoms. The third-order valence-corrected chi connectivity index (χ3v) is 9.36. The molecule has 0 aromatic heterocycles. The summed E-state index contributed by atoms with van der Waals surface area (Å²) in [6.45, 7) is 3.12. The lowest BCUT2D eigenvalue weighted by Gasteiger charge is -2.33. The molecule has 0 saturated heterocycles. The third kappa shape index (κ3) is 7.23. The Morgan fingerprint density at radius 1 is 0.950 bits per heavy atom. The third-order valence-electron chi connectivity index (χ3n) is 7.36. The molecule has 0 bridgehead atoms. The zero-order valence-corrected chi connectivity index (χ0v) is 24.5. The molecule has 0 radical (unpaired) electrons. The molecular formula is C31H36ClN3O4S. The molecule has 1 fully saturated rings. The Balaban J connectivity index is 1.68. The van der Waals surface area contributed by atoms with E-state index < -0.39 is 28.5 Å². The van der Waals surface area contributed by atoms with E-state index in [9.17, 15) is 18.0 Å². The van der Waals surface area contributed by atoms with Crippen LogP contribution < -0.4 is 9.62 Å². The van der Waals surface area contributed by atoms with Crippen molar-refractivity contribution in [1.82, 2.24) is 10.2 Å². The molecule has 7 nitrogen and oxygen atoms in total. The Bertz CT molecular complexity index is 1430. The van der Waals surface area contributed by atoms with Crippen molar-refractivity contribution in [3.63, 3.8) is 0 Å². The van der Waals surface area contributed by atoms with Gasteiger partial charge in [-0.3, -0.25) is 13.9 Å². The molecule has 2 amide bonds. The number of halogens is 1. The Morgan fingerprint density at radius 2 is 1.62 bits per heavy atom. The summed E-state index contributed by atoms with van der Waals surface area (Å²) in [6.07, 6.45) is 5.11. The predicted molar refractivity (Wildman–Crippen MR) is 159 cm³/mol. The Hall–Kier alpha value is -3.36. The van der Waals surface area contributed by atoms with Crippen LogP contribution in [0.2, 0.25) is 5.02 Å². The molecular weight excluding hydrogens is 546 g/mol. The number of carbonyl (C=O) groups is 2. The molecule has 9 heteroatoms. The van der Waals surface area contributed by atoms with Gasteiger partial charge >= 0.3 is 0 Å². The van der Waals surface area contributed by atoms with E-state index in [2.05, 4.69) is 5.32 Å². The minimum absolute atomic E-state index is 0.0775. The fourth-order valence-electron chi connectivity index (χ4n) is 5.06. The first-order chi connectivity index (χ1) is 19.2. The highest BCUT2D eigenvalue weighted by atomic mass is 35.5. The van der Waals surface area contributed by atoms with Crippen LogP contribution >= 0.6 is 11.6 Å². The molecule has 1 N–H and O–H groups in total. The smallest absolute Gasteiger partial charge is 0.264 e. The minimum atomic E-state index is -4.09. The van der Waals surface area contributed by atoms with Crippen LogP contribution in [-0.2, 0) is 26.2 Å². The highest BCUT2D eigenvalue weighted by Crippen LogP contribution is 2.27. The number of amides is 2. The lowest BCUT2D eigenvalue weighted by atomic mass is 9.95. The maximum Gasteiger partial charge on any atom is 0.264 e. The number of hydrogen-bond donors (Lipinski definition) is 1. The number of aryl methyl sites for hydroxylation is 1. The van der Waals surface area contributed by atoms with Crippen LogP contribution in [-0.4, -0.2) is 43.8 Å². The number of nitrogens with zero attached hydrogens (tertiary/aromatic N) is 2. The van der Waals surface area contributed by atoms with E-state index in [-0.39, 0.29) is 23.4 Å². The predicted octanol–water partition coefficient (Wildman–Crippen LogP) is 5.71. The van der Waals surface area contributed by atoms with E-state index in [1.165, 1.54) is 17.0 Å². The topological polar surface area (TPSA) is 86.8 Å². The van der Waals surface area contributed by atoms with Crippen LogP contribution in [0.3, 0.4) is 0 Å². The van der Waals surface area contributed by atoms with Gasteiger partial charge in [0.05, 0.1) is 10.6 Å². The molecule has 1 saturated carbocycles.